The van der Waals surface area contributed by atoms with Gasteiger partial charge in [-0.1, -0.05) is 48.5 Å². The highest BCUT2D eigenvalue weighted by molar-refractivity contribution is 6.44. The highest BCUT2D eigenvalue weighted by Gasteiger charge is 2.34. The highest BCUT2D eigenvalue weighted by Crippen LogP contribution is 2.50. The Bertz CT molecular complexity index is 1330. The minimum Gasteiger partial charge on any atom is -0.166 e. The molecule has 0 unspecified atom stereocenters. The Kier molecular flexibility index (Phi) is 1.91. The normalized spacial score (nSPS) is 13.6. The average Bonchev–Trinajstić information content (AvgIpc) is 2.93. The van der Waals surface area contributed by atoms with Crippen molar-refractivity contribution in [1.29, 1.82) is 0 Å². The van der Waals surface area contributed by atoms with Crippen molar-refractivity contribution in [3.8, 4) is 0 Å². The lowest BCUT2D eigenvalue weighted by Crippen LogP contribution is -2.05. The van der Waals surface area contributed by atoms with Crippen molar-refractivity contribution < 1.29 is 13.2 Å². The van der Waals surface area contributed by atoms with Gasteiger partial charge in [0.05, 0.1) is 5.56 Å². The molecule has 0 radical (unpaired) electrons. The number of hydrogen-bond acceptors (Lipinski definition) is 0. The van der Waals surface area contributed by atoms with E-state index in [9.17, 15) is 13.2 Å². The SMILES string of the molecule is FC(F)(F)c1cc2ccc3ccc4ccc5ccc1c1c5c4c3c21. The third-order valence-electron chi connectivity index (χ3n) is 5.33. The van der Waals surface area contributed by atoms with Gasteiger partial charge in [-0.2, -0.15) is 13.2 Å². The van der Waals surface area contributed by atoms with Crippen LogP contribution in [0.4, 0.5) is 13.2 Å². The molecule has 3 heteroatoms. The lowest BCUT2D eigenvalue weighted by molar-refractivity contribution is -0.136. The summed E-state index contributed by atoms with van der Waals surface area (Å²) in [6.45, 7) is 0. The fraction of sp³-hybridized carbons (Fsp3) is 0.0476. The van der Waals surface area contributed by atoms with Gasteiger partial charge in [0.1, 0.15) is 0 Å². The Labute approximate surface area is 134 Å². The largest absolute Gasteiger partial charge is 0.417 e. The number of alkyl halides is 3. The predicted molar refractivity (Wildman–Crippen MR) is 92.5 cm³/mol. The first-order valence-electron chi connectivity index (χ1n) is 7.79. The van der Waals surface area contributed by atoms with Crippen LogP contribution < -0.4 is 0 Å². The van der Waals surface area contributed by atoms with Crippen LogP contribution in [0.2, 0.25) is 0 Å². The van der Waals surface area contributed by atoms with Crippen molar-refractivity contribution >= 4 is 53.9 Å². The fourth-order valence-electron chi connectivity index (χ4n) is 4.41. The second kappa shape index (κ2) is 3.64. The van der Waals surface area contributed by atoms with E-state index in [0.717, 1.165) is 43.1 Å². The minimum atomic E-state index is -4.36. The molecule has 0 aliphatic rings. The zero-order valence-electron chi connectivity index (χ0n) is 12.3. The Morgan fingerprint density at radius 1 is 0.500 bits per heavy atom. The number of rotatable bonds is 0. The van der Waals surface area contributed by atoms with E-state index in [1.165, 1.54) is 6.07 Å². The lowest BCUT2D eigenvalue weighted by atomic mass is 9.95. The Morgan fingerprint density at radius 3 is 1.46 bits per heavy atom. The van der Waals surface area contributed by atoms with Crippen LogP contribution in [0, 0.1) is 0 Å². The topological polar surface area (TPSA) is 0 Å². The van der Waals surface area contributed by atoms with Gasteiger partial charge in [0.15, 0.2) is 0 Å². The number of hydrogen-bond donors (Lipinski definition) is 0. The number of benzene rings is 5. The molecule has 114 valence electrons. The van der Waals surface area contributed by atoms with Crippen molar-refractivity contribution in [3.63, 3.8) is 0 Å². The van der Waals surface area contributed by atoms with E-state index < -0.39 is 11.7 Å². The molecule has 0 nitrogen and oxygen atoms in total. The first-order chi connectivity index (χ1) is 11.5. The molecule has 0 saturated heterocycles. The van der Waals surface area contributed by atoms with E-state index in [-0.39, 0.29) is 0 Å². The molecule has 0 aliphatic heterocycles. The molecule has 0 amide bonds. The molecule has 6 rings (SSSR count). The van der Waals surface area contributed by atoms with E-state index in [4.69, 9.17) is 0 Å². The minimum absolute atomic E-state index is 0.304. The molecule has 0 aliphatic carbocycles. The molecule has 0 N–H and O–H groups in total. The van der Waals surface area contributed by atoms with Crippen LogP contribution in [0.5, 0.6) is 0 Å². The smallest absolute Gasteiger partial charge is 0.166 e. The molecular formula is C21H9F3. The Balaban J connectivity index is 2.10. The standard InChI is InChI=1S/C21H9F3/c22-21(23,24)15-9-13-6-5-11-2-1-10-3-4-12-7-8-14(15)20-18(12)16(10)17(11)19(13)20/h1-9H. The van der Waals surface area contributed by atoms with Crippen LogP contribution in [0.1, 0.15) is 5.56 Å². The van der Waals surface area contributed by atoms with Crippen molar-refractivity contribution in [3.05, 3.63) is 60.2 Å². The predicted octanol–water partition coefficient (Wildman–Crippen LogP) is 6.78. The molecule has 6 aromatic rings. The molecule has 0 fully saturated rings. The molecule has 6 aromatic carbocycles. The van der Waals surface area contributed by atoms with E-state index in [1.54, 1.807) is 6.07 Å². The summed E-state index contributed by atoms with van der Waals surface area (Å²) < 4.78 is 40.9. The monoisotopic (exact) mass is 318 g/mol. The van der Waals surface area contributed by atoms with E-state index in [2.05, 4.69) is 18.2 Å². The second-order valence-electron chi connectivity index (χ2n) is 6.50. The van der Waals surface area contributed by atoms with E-state index in [0.29, 0.717) is 10.8 Å². The lowest BCUT2D eigenvalue weighted by Gasteiger charge is -2.13. The molecule has 0 spiro atoms. The van der Waals surface area contributed by atoms with Crippen molar-refractivity contribution in [1.82, 2.24) is 0 Å². The van der Waals surface area contributed by atoms with Crippen LogP contribution in [-0.2, 0) is 6.18 Å². The summed E-state index contributed by atoms with van der Waals surface area (Å²) in [6.07, 6.45) is -4.36. The Hall–Kier alpha value is -2.81. The van der Waals surface area contributed by atoms with E-state index >= 15 is 0 Å². The summed E-state index contributed by atoms with van der Waals surface area (Å²) in [5, 5.41) is 9.01. The molecule has 0 aromatic heterocycles. The third-order valence-corrected chi connectivity index (χ3v) is 5.33. The van der Waals surface area contributed by atoms with Gasteiger partial charge in [0, 0.05) is 0 Å². The molecule has 0 bridgehead atoms. The summed E-state index contributed by atoms with van der Waals surface area (Å²) in [5.41, 5.74) is -0.545. The van der Waals surface area contributed by atoms with Gasteiger partial charge in [-0.15, -0.1) is 0 Å². The zero-order valence-corrected chi connectivity index (χ0v) is 12.3. The van der Waals surface area contributed by atoms with Crippen molar-refractivity contribution in [2.75, 3.05) is 0 Å². The molecule has 0 heterocycles. The van der Waals surface area contributed by atoms with Gasteiger partial charge in [-0.25, -0.2) is 0 Å². The zero-order chi connectivity index (χ0) is 16.2. The third kappa shape index (κ3) is 1.25. The summed E-state index contributed by atoms with van der Waals surface area (Å²) in [5.74, 6) is 0. The molecule has 24 heavy (non-hydrogen) atoms. The summed E-state index contributed by atoms with van der Waals surface area (Å²) in [6, 6.07) is 16.6. The van der Waals surface area contributed by atoms with Gasteiger partial charge in [0.2, 0.25) is 0 Å². The van der Waals surface area contributed by atoms with Crippen LogP contribution in [0.3, 0.4) is 0 Å². The molecule has 0 atom stereocenters. The Morgan fingerprint density at radius 2 is 0.917 bits per heavy atom. The quantitative estimate of drug-likeness (QED) is 0.271. The van der Waals surface area contributed by atoms with Crippen LogP contribution in [-0.4, -0.2) is 0 Å². The van der Waals surface area contributed by atoms with Gasteiger partial charge in [-0.05, 0) is 59.9 Å². The summed E-state index contributed by atoms with van der Waals surface area (Å²) in [7, 11) is 0. The summed E-state index contributed by atoms with van der Waals surface area (Å²) >= 11 is 0. The maximum Gasteiger partial charge on any atom is 0.417 e. The maximum atomic E-state index is 13.6. The van der Waals surface area contributed by atoms with Gasteiger partial charge < -0.3 is 0 Å². The van der Waals surface area contributed by atoms with Gasteiger partial charge in [0.25, 0.3) is 0 Å². The summed E-state index contributed by atoms with van der Waals surface area (Å²) in [4.78, 5) is 0. The average molecular weight is 318 g/mol. The van der Waals surface area contributed by atoms with E-state index in [1.807, 2.05) is 24.3 Å². The van der Waals surface area contributed by atoms with Crippen molar-refractivity contribution in [2.45, 2.75) is 6.18 Å². The molecular weight excluding hydrogens is 309 g/mol. The fourth-order valence-corrected chi connectivity index (χ4v) is 4.41. The first-order valence-corrected chi connectivity index (χ1v) is 7.79. The van der Waals surface area contributed by atoms with Gasteiger partial charge in [-0.3, -0.25) is 0 Å². The second-order valence-corrected chi connectivity index (χ2v) is 6.50. The molecule has 0 saturated carbocycles. The van der Waals surface area contributed by atoms with Gasteiger partial charge >= 0.3 is 6.18 Å². The maximum absolute atomic E-state index is 13.6. The first kappa shape index (κ1) is 12.6. The van der Waals surface area contributed by atoms with Crippen LogP contribution in [0.15, 0.2) is 54.6 Å². The van der Waals surface area contributed by atoms with Crippen LogP contribution >= 0.6 is 0 Å². The number of halogens is 3. The highest BCUT2D eigenvalue weighted by atomic mass is 19.4. The van der Waals surface area contributed by atoms with Crippen molar-refractivity contribution in [2.24, 2.45) is 0 Å². The van der Waals surface area contributed by atoms with Crippen LogP contribution in [0.25, 0.3) is 53.9 Å².